The Morgan fingerprint density at radius 3 is 3.07 bits per heavy atom. The number of aromatic amines is 1. The highest BCUT2D eigenvalue weighted by Crippen LogP contribution is 2.51. The predicted octanol–water partition coefficient (Wildman–Crippen LogP) is 2.80. The molecule has 158 valence electrons. The van der Waals surface area contributed by atoms with E-state index in [0.717, 1.165) is 31.2 Å². The number of H-pyrrole nitrogens is 1. The summed E-state index contributed by atoms with van der Waals surface area (Å²) < 4.78 is 6.21. The highest BCUT2D eigenvalue weighted by molar-refractivity contribution is 5.93. The van der Waals surface area contributed by atoms with Crippen LogP contribution in [0.2, 0.25) is 0 Å². The lowest BCUT2D eigenvalue weighted by molar-refractivity contribution is -0.137. The van der Waals surface area contributed by atoms with Crippen LogP contribution in [0.1, 0.15) is 31.7 Å². The van der Waals surface area contributed by atoms with E-state index in [1.165, 1.54) is 10.9 Å². The molecule has 5 rings (SSSR count). The Labute approximate surface area is 176 Å². The van der Waals surface area contributed by atoms with Gasteiger partial charge in [0.05, 0.1) is 24.5 Å². The highest BCUT2D eigenvalue weighted by Gasteiger charge is 2.66. The average Bonchev–Trinajstić information content (AvgIpc) is 3.49. The third kappa shape index (κ3) is 3.05. The van der Waals surface area contributed by atoms with E-state index in [-0.39, 0.29) is 17.9 Å². The molecule has 0 unspecified atom stereocenters. The lowest BCUT2D eigenvalue weighted by Crippen LogP contribution is -2.44. The van der Waals surface area contributed by atoms with Gasteiger partial charge in [0.2, 0.25) is 11.8 Å². The third-order valence-electron chi connectivity index (χ3n) is 6.89. The van der Waals surface area contributed by atoms with Gasteiger partial charge in [-0.15, -0.1) is 0 Å². The van der Waals surface area contributed by atoms with Crippen LogP contribution in [0, 0.1) is 11.8 Å². The number of benzene rings is 1. The van der Waals surface area contributed by atoms with Crippen molar-refractivity contribution >= 4 is 22.7 Å². The van der Waals surface area contributed by atoms with Gasteiger partial charge >= 0.3 is 0 Å². The second-order valence-corrected chi connectivity index (χ2v) is 8.77. The Bertz CT molecular complexity index is 996. The highest BCUT2D eigenvalue weighted by atomic mass is 16.5. The van der Waals surface area contributed by atoms with Crippen molar-refractivity contribution in [2.75, 3.05) is 19.6 Å². The molecule has 2 bridgehead atoms. The molecule has 1 spiro atoms. The van der Waals surface area contributed by atoms with Crippen LogP contribution in [0.3, 0.4) is 0 Å². The van der Waals surface area contributed by atoms with Gasteiger partial charge in [-0.1, -0.05) is 50.1 Å². The van der Waals surface area contributed by atoms with E-state index in [1.54, 1.807) is 0 Å². The summed E-state index contributed by atoms with van der Waals surface area (Å²) in [7, 11) is 0. The van der Waals surface area contributed by atoms with Gasteiger partial charge in [0.15, 0.2) is 0 Å². The molecule has 3 aliphatic heterocycles. The number of para-hydroxylation sites is 1. The van der Waals surface area contributed by atoms with Crippen molar-refractivity contribution in [3.05, 3.63) is 48.2 Å². The average molecular weight is 408 g/mol. The Hall–Kier alpha value is -2.60. The Morgan fingerprint density at radius 2 is 2.20 bits per heavy atom. The zero-order valence-electron chi connectivity index (χ0n) is 17.4. The van der Waals surface area contributed by atoms with Gasteiger partial charge in [0.1, 0.15) is 5.60 Å². The molecule has 2 saturated heterocycles. The number of nitrogens with one attached hydrogen (secondary N) is 2. The smallest absolute Gasteiger partial charge is 0.230 e. The number of hydrogen-bond donors (Lipinski definition) is 2. The Balaban J connectivity index is 1.27. The molecule has 6 nitrogen and oxygen atoms in total. The van der Waals surface area contributed by atoms with E-state index >= 15 is 0 Å². The molecule has 2 N–H and O–H groups in total. The fourth-order valence-electron chi connectivity index (χ4n) is 5.37. The number of fused-ring (bicyclic) bond motifs is 2. The topological polar surface area (TPSA) is 74.4 Å². The summed E-state index contributed by atoms with van der Waals surface area (Å²) in [4.78, 5) is 31.4. The first-order valence-corrected chi connectivity index (χ1v) is 11.1. The summed E-state index contributed by atoms with van der Waals surface area (Å²) in [5.41, 5.74) is 1.69. The lowest BCUT2D eigenvalue weighted by atomic mass is 9.77. The van der Waals surface area contributed by atoms with E-state index in [0.29, 0.717) is 19.6 Å². The van der Waals surface area contributed by atoms with Crippen molar-refractivity contribution in [1.29, 1.82) is 0 Å². The number of amides is 2. The van der Waals surface area contributed by atoms with Crippen LogP contribution in [0.15, 0.2) is 42.6 Å². The minimum atomic E-state index is -0.632. The van der Waals surface area contributed by atoms with Crippen LogP contribution in [0.5, 0.6) is 0 Å². The molecule has 0 radical (unpaired) electrons. The van der Waals surface area contributed by atoms with Crippen molar-refractivity contribution < 1.29 is 14.3 Å². The van der Waals surface area contributed by atoms with Gasteiger partial charge in [0, 0.05) is 30.2 Å². The Morgan fingerprint density at radius 1 is 1.33 bits per heavy atom. The SMILES string of the molecule is CCCCCNC(=O)[C@@H]1[C@@H]2C=C[C@@]3(CN(CCc4c[nH]c5ccccc45)C(=O)[C@@H]13)O2. The second-order valence-electron chi connectivity index (χ2n) is 8.77. The van der Waals surface area contributed by atoms with E-state index in [2.05, 4.69) is 29.4 Å². The van der Waals surface area contributed by atoms with Gasteiger partial charge in [0.25, 0.3) is 0 Å². The van der Waals surface area contributed by atoms with Crippen LogP contribution < -0.4 is 5.32 Å². The molecule has 6 heteroatoms. The molecule has 2 aromatic rings. The summed E-state index contributed by atoms with van der Waals surface area (Å²) in [6.07, 6.45) is 9.70. The molecule has 2 amide bonds. The number of unbranched alkanes of at least 4 members (excludes halogenated alkanes) is 2. The Kier molecular flexibility index (Phi) is 4.89. The number of nitrogens with zero attached hydrogens (tertiary/aromatic N) is 1. The van der Waals surface area contributed by atoms with Crippen LogP contribution in [-0.2, 0) is 20.7 Å². The van der Waals surface area contributed by atoms with Gasteiger partial charge < -0.3 is 19.9 Å². The number of carbonyl (C=O) groups is 2. The second kappa shape index (κ2) is 7.58. The molecule has 3 aliphatic rings. The monoisotopic (exact) mass is 407 g/mol. The van der Waals surface area contributed by atoms with Crippen LogP contribution >= 0.6 is 0 Å². The van der Waals surface area contributed by atoms with Crippen molar-refractivity contribution in [3.63, 3.8) is 0 Å². The van der Waals surface area contributed by atoms with Crippen LogP contribution in [0.4, 0.5) is 0 Å². The normalized spacial score (nSPS) is 29.2. The van der Waals surface area contributed by atoms with Crippen molar-refractivity contribution in [2.24, 2.45) is 11.8 Å². The molecule has 2 fully saturated rings. The molecular formula is C24H29N3O3. The van der Waals surface area contributed by atoms with Gasteiger partial charge in [-0.2, -0.15) is 0 Å². The molecular weight excluding hydrogens is 378 g/mol. The molecule has 1 aromatic carbocycles. The van der Waals surface area contributed by atoms with Gasteiger partial charge in [-0.3, -0.25) is 9.59 Å². The fraction of sp³-hybridized carbons (Fsp3) is 0.500. The summed E-state index contributed by atoms with van der Waals surface area (Å²) in [5.74, 6) is -0.807. The van der Waals surface area contributed by atoms with E-state index in [9.17, 15) is 9.59 Å². The largest absolute Gasteiger partial charge is 0.361 e. The molecule has 4 heterocycles. The zero-order chi connectivity index (χ0) is 20.7. The standard InChI is InChI=1S/C24H29N3O3/c1-2-3-6-12-25-22(28)20-19-9-11-24(30-19)15-27(23(29)21(20)24)13-10-16-14-26-18-8-5-4-7-17(16)18/h4-5,7-9,11,14,19-21,26H,2-3,6,10,12-13,15H2,1H3,(H,25,28)/t19-,20+,21+,24-/m0/s1. The molecule has 1 aromatic heterocycles. The zero-order valence-corrected chi connectivity index (χ0v) is 17.4. The number of aromatic nitrogens is 1. The maximum absolute atomic E-state index is 13.3. The molecule has 4 atom stereocenters. The summed E-state index contributed by atoms with van der Waals surface area (Å²) in [6.45, 7) is 3.97. The molecule has 30 heavy (non-hydrogen) atoms. The maximum atomic E-state index is 13.3. The molecule has 0 saturated carbocycles. The van der Waals surface area contributed by atoms with Crippen LogP contribution in [0.25, 0.3) is 10.9 Å². The first-order chi connectivity index (χ1) is 14.6. The summed E-state index contributed by atoms with van der Waals surface area (Å²) in [6, 6.07) is 8.21. The van der Waals surface area contributed by atoms with E-state index in [1.807, 2.05) is 35.4 Å². The maximum Gasteiger partial charge on any atom is 0.230 e. The third-order valence-corrected chi connectivity index (χ3v) is 6.89. The van der Waals surface area contributed by atoms with Crippen molar-refractivity contribution in [1.82, 2.24) is 15.2 Å². The minimum Gasteiger partial charge on any atom is -0.361 e. The summed E-state index contributed by atoms with van der Waals surface area (Å²) in [5, 5.41) is 4.23. The van der Waals surface area contributed by atoms with Gasteiger partial charge in [-0.05, 0) is 24.5 Å². The molecule has 0 aliphatic carbocycles. The van der Waals surface area contributed by atoms with Gasteiger partial charge in [-0.25, -0.2) is 0 Å². The van der Waals surface area contributed by atoms with Crippen molar-refractivity contribution in [2.45, 2.75) is 44.3 Å². The lowest BCUT2D eigenvalue weighted by Gasteiger charge is -2.23. The van der Waals surface area contributed by atoms with E-state index in [4.69, 9.17) is 4.74 Å². The number of carbonyl (C=O) groups excluding carboxylic acids is 2. The fourth-order valence-corrected chi connectivity index (χ4v) is 5.37. The predicted molar refractivity (Wildman–Crippen MR) is 115 cm³/mol. The number of rotatable bonds is 8. The summed E-state index contributed by atoms with van der Waals surface area (Å²) >= 11 is 0. The number of hydrogen-bond acceptors (Lipinski definition) is 3. The minimum absolute atomic E-state index is 0.0424. The van der Waals surface area contributed by atoms with Crippen LogP contribution in [-0.4, -0.2) is 53.0 Å². The quantitative estimate of drug-likeness (QED) is 0.522. The van der Waals surface area contributed by atoms with E-state index < -0.39 is 17.4 Å². The first kappa shape index (κ1) is 19.4. The van der Waals surface area contributed by atoms with Crippen molar-refractivity contribution in [3.8, 4) is 0 Å². The number of likely N-dealkylation sites (tertiary alicyclic amines) is 1. The number of ether oxygens (including phenoxy) is 1. The first-order valence-electron chi connectivity index (χ1n) is 11.1.